The normalized spacial score (nSPS) is 26.2. The van der Waals surface area contributed by atoms with Crippen LogP contribution in [0.4, 0.5) is 0 Å². The molecule has 0 bridgehead atoms. The third-order valence-corrected chi connectivity index (χ3v) is 7.16. The third-order valence-electron chi connectivity index (χ3n) is 5.94. The lowest BCUT2D eigenvalue weighted by Gasteiger charge is -2.27. The van der Waals surface area contributed by atoms with Gasteiger partial charge >= 0.3 is 5.97 Å². The molecule has 4 rings (SSSR count). The maximum Gasteiger partial charge on any atom is 0.324 e. The van der Waals surface area contributed by atoms with Crippen molar-refractivity contribution in [2.24, 2.45) is 11.8 Å². The second kappa shape index (κ2) is 7.08. The van der Waals surface area contributed by atoms with Crippen molar-refractivity contribution < 1.29 is 23.1 Å². The lowest BCUT2D eigenvalue weighted by Crippen LogP contribution is -2.46. The fraction of sp³-hybridized carbons (Fsp3) is 0.400. The van der Waals surface area contributed by atoms with E-state index in [9.17, 15) is 23.1 Å². The number of methoxy groups -OCH3 is 1. The number of carbonyl (C=O) groups excluding carboxylic acids is 1. The summed E-state index contributed by atoms with van der Waals surface area (Å²) in [5.41, 5.74) is 1.60. The van der Waals surface area contributed by atoms with Gasteiger partial charge in [0.05, 0.1) is 19.4 Å². The number of hydrogen-bond donors (Lipinski definition) is 1. The molecule has 1 N–H and O–H groups in total. The summed E-state index contributed by atoms with van der Waals surface area (Å²) in [7, 11) is -2.63. The molecular weight excluding hydrogens is 396 g/mol. The number of ether oxygens (including phenoxy) is 1. The standard InChI is InChI=1S/C20H22N2O6S/c1-28-20(25)18-15(11-23)14-10-21-16(17(14)22(18)29(2,26)27)9-8-13(19(21)24)12-6-4-3-5-7-12/h3-9,14-15,17-18,23H,10-11H2,1-2H3/t14-,15-,17+,18-/m0/s1. The highest BCUT2D eigenvalue weighted by Gasteiger charge is 2.59. The first-order chi connectivity index (χ1) is 13.8. The number of aliphatic hydroxyl groups excluding tert-OH is 1. The van der Waals surface area contributed by atoms with E-state index in [0.717, 1.165) is 16.1 Å². The molecule has 4 atom stereocenters. The van der Waals surface area contributed by atoms with Gasteiger partial charge < -0.3 is 14.4 Å². The molecule has 9 heteroatoms. The number of benzene rings is 1. The van der Waals surface area contributed by atoms with Gasteiger partial charge in [0.25, 0.3) is 5.56 Å². The highest BCUT2D eigenvalue weighted by molar-refractivity contribution is 7.88. The minimum atomic E-state index is -3.82. The van der Waals surface area contributed by atoms with Crippen LogP contribution in [0, 0.1) is 11.8 Å². The molecule has 8 nitrogen and oxygen atoms in total. The van der Waals surface area contributed by atoms with Crippen molar-refractivity contribution in [2.75, 3.05) is 20.0 Å². The Morgan fingerprint density at radius 3 is 2.48 bits per heavy atom. The summed E-state index contributed by atoms with van der Waals surface area (Å²) in [4.78, 5) is 25.5. The fourth-order valence-corrected chi connectivity index (χ4v) is 6.07. The van der Waals surface area contributed by atoms with Gasteiger partial charge in [-0.2, -0.15) is 4.31 Å². The molecule has 3 heterocycles. The number of rotatable bonds is 4. The van der Waals surface area contributed by atoms with E-state index in [1.807, 2.05) is 30.3 Å². The van der Waals surface area contributed by atoms with E-state index in [1.54, 1.807) is 16.7 Å². The number of carbonyl (C=O) groups is 1. The first-order valence-corrected chi connectivity index (χ1v) is 11.1. The monoisotopic (exact) mass is 418 g/mol. The number of esters is 1. The molecule has 0 unspecified atom stereocenters. The number of hydrogen-bond acceptors (Lipinski definition) is 6. The molecule has 0 spiro atoms. The predicted molar refractivity (Wildman–Crippen MR) is 105 cm³/mol. The van der Waals surface area contributed by atoms with Gasteiger partial charge in [-0.1, -0.05) is 30.3 Å². The van der Waals surface area contributed by atoms with Gasteiger partial charge in [-0.15, -0.1) is 0 Å². The highest BCUT2D eigenvalue weighted by Crippen LogP contribution is 2.50. The van der Waals surface area contributed by atoms with Crippen LogP contribution in [0.3, 0.4) is 0 Å². The largest absolute Gasteiger partial charge is 0.468 e. The van der Waals surface area contributed by atoms with E-state index in [0.29, 0.717) is 11.3 Å². The Balaban J connectivity index is 1.87. The molecule has 29 heavy (non-hydrogen) atoms. The van der Waals surface area contributed by atoms with Crippen LogP contribution in [0.1, 0.15) is 11.7 Å². The molecule has 1 aromatic carbocycles. The predicted octanol–water partition coefficient (Wildman–Crippen LogP) is 0.612. The molecule has 2 aliphatic rings. The van der Waals surface area contributed by atoms with E-state index in [2.05, 4.69) is 0 Å². The molecule has 1 aromatic heterocycles. The summed E-state index contributed by atoms with van der Waals surface area (Å²) in [6, 6.07) is 10.8. The fourth-order valence-electron chi connectivity index (χ4n) is 4.74. The zero-order valence-corrected chi connectivity index (χ0v) is 16.9. The summed E-state index contributed by atoms with van der Waals surface area (Å²) in [5.74, 6) is -1.78. The van der Waals surface area contributed by atoms with E-state index in [-0.39, 0.29) is 18.7 Å². The summed E-state index contributed by atoms with van der Waals surface area (Å²) in [6.07, 6.45) is 1.03. The quantitative estimate of drug-likeness (QED) is 0.730. The molecule has 2 aromatic rings. The van der Waals surface area contributed by atoms with Crippen LogP contribution < -0.4 is 5.56 Å². The molecule has 0 saturated carbocycles. The SMILES string of the molecule is COC(=O)[C@@H]1[C@@H](CO)[C@@H]2Cn3c(ccc(-c4ccccc4)c3=O)[C@@H]2N1S(C)(=O)=O. The number of fused-ring (bicyclic) bond motifs is 3. The zero-order valence-electron chi connectivity index (χ0n) is 16.1. The Kier molecular flexibility index (Phi) is 4.84. The average Bonchev–Trinajstić information content (AvgIpc) is 3.22. The van der Waals surface area contributed by atoms with Crippen LogP contribution in [0.25, 0.3) is 11.1 Å². The summed E-state index contributed by atoms with van der Waals surface area (Å²) >= 11 is 0. The van der Waals surface area contributed by atoms with Crippen LogP contribution >= 0.6 is 0 Å². The minimum absolute atomic E-state index is 0.220. The van der Waals surface area contributed by atoms with Crippen molar-refractivity contribution in [3.8, 4) is 11.1 Å². The lowest BCUT2D eigenvalue weighted by molar-refractivity contribution is -0.146. The minimum Gasteiger partial charge on any atom is -0.468 e. The number of pyridine rings is 1. The van der Waals surface area contributed by atoms with Crippen molar-refractivity contribution >= 4 is 16.0 Å². The van der Waals surface area contributed by atoms with Crippen LogP contribution in [0.2, 0.25) is 0 Å². The van der Waals surface area contributed by atoms with E-state index < -0.39 is 39.9 Å². The van der Waals surface area contributed by atoms with Gasteiger partial charge in [0.2, 0.25) is 10.0 Å². The zero-order chi connectivity index (χ0) is 20.9. The number of sulfonamides is 1. The Morgan fingerprint density at radius 1 is 1.21 bits per heavy atom. The van der Waals surface area contributed by atoms with Crippen molar-refractivity contribution in [3.05, 3.63) is 58.5 Å². The van der Waals surface area contributed by atoms with Crippen molar-refractivity contribution in [1.29, 1.82) is 0 Å². The number of aromatic nitrogens is 1. The van der Waals surface area contributed by atoms with Crippen molar-refractivity contribution in [3.63, 3.8) is 0 Å². The Morgan fingerprint density at radius 2 is 1.90 bits per heavy atom. The molecule has 0 radical (unpaired) electrons. The third kappa shape index (κ3) is 3.00. The van der Waals surface area contributed by atoms with Gasteiger partial charge in [0.1, 0.15) is 6.04 Å². The van der Waals surface area contributed by atoms with E-state index in [1.165, 1.54) is 7.11 Å². The maximum atomic E-state index is 13.2. The van der Waals surface area contributed by atoms with Crippen LogP contribution in [0.5, 0.6) is 0 Å². The lowest BCUT2D eigenvalue weighted by atomic mass is 9.88. The Hall–Kier alpha value is -2.49. The van der Waals surface area contributed by atoms with Crippen LogP contribution in [0.15, 0.2) is 47.3 Å². The van der Waals surface area contributed by atoms with Gasteiger partial charge in [-0.25, -0.2) is 8.42 Å². The Bertz CT molecular complexity index is 1110. The molecular formula is C20H22N2O6S. The molecule has 154 valence electrons. The first-order valence-electron chi connectivity index (χ1n) is 9.26. The Labute approximate surface area is 168 Å². The van der Waals surface area contributed by atoms with Gasteiger partial charge in [0, 0.05) is 36.2 Å². The van der Waals surface area contributed by atoms with E-state index in [4.69, 9.17) is 4.74 Å². The van der Waals surface area contributed by atoms with Crippen molar-refractivity contribution in [1.82, 2.24) is 8.87 Å². The number of nitrogens with zero attached hydrogens (tertiary/aromatic N) is 2. The average molecular weight is 418 g/mol. The van der Waals surface area contributed by atoms with Crippen LogP contribution in [-0.2, 0) is 26.1 Å². The molecule has 1 fully saturated rings. The van der Waals surface area contributed by atoms with Gasteiger partial charge in [-0.05, 0) is 17.7 Å². The molecule has 0 aliphatic carbocycles. The second-order valence-electron chi connectivity index (χ2n) is 7.47. The first kappa shape index (κ1) is 19.8. The molecule has 0 amide bonds. The number of aliphatic hydroxyl groups is 1. The summed E-state index contributed by atoms with van der Waals surface area (Å²) in [6.45, 7) is -0.161. The smallest absolute Gasteiger partial charge is 0.324 e. The molecule has 1 saturated heterocycles. The van der Waals surface area contributed by atoms with Gasteiger partial charge in [-0.3, -0.25) is 9.59 Å². The topological polar surface area (TPSA) is 106 Å². The molecule has 2 aliphatic heterocycles. The van der Waals surface area contributed by atoms with Crippen LogP contribution in [-0.4, -0.2) is 54.4 Å². The maximum absolute atomic E-state index is 13.2. The van der Waals surface area contributed by atoms with E-state index >= 15 is 0 Å². The summed E-state index contributed by atoms with van der Waals surface area (Å²) < 4.78 is 32.7. The highest BCUT2D eigenvalue weighted by atomic mass is 32.2. The second-order valence-corrected chi connectivity index (χ2v) is 9.36. The van der Waals surface area contributed by atoms with Gasteiger partial charge in [0.15, 0.2) is 0 Å². The summed E-state index contributed by atoms with van der Waals surface area (Å²) in [5, 5.41) is 9.98. The van der Waals surface area contributed by atoms with Crippen molar-refractivity contribution in [2.45, 2.75) is 18.6 Å².